The highest BCUT2D eigenvalue weighted by atomic mass is 32.1. The van der Waals surface area contributed by atoms with Gasteiger partial charge in [0.05, 0.1) is 21.1 Å². The smallest absolute Gasteiger partial charge is 0.335 e. The van der Waals surface area contributed by atoms with Crippen LogP contribution in [0.5, 0.6) is 0 Å². The number of carboxylic acid groups (broad SMARTS) is 1. The molecule has 0 spiro atoms. The molecule has 1 N–H and O–H groups in total. The summed E-state index contributed by atoms with van der Waals surface area (Å²) in [7, 11) is 0. The molecule has 0 atom stereocenters. The Labute approximate surface area is 108 Å². The largest absolute Gasteiger partial charge is 0.478 e. The molecule has 4 nitrogen and oxygen atoms in total. The van der Waals surface area contributed by atoms with Gasteiger partial charge in [0.2, 0.25) is 0 Å². The summed E-state index contributed by atoms with van der Waals surface area (Å²) in [5.74, 6) is -0.999. The maximum atomic E-state index is 11.5. The van der Waals surface area contributed by atoms with E-state index < -0.39 is 5.97 Å². The lowest BCUT2D eigenvalue weighted by atomic mass is 10.1. The number of carboxylic acids is 1. The first-order valence-electron chi connectivity index (χ1n) is 5.31. The number of nitrogens with zero attached hydrogens (tertiary/aromatic N) is 1. The van der Waals surface area contributed by atoms with Crippen molar-refractivity contribution in [3.63, 3.8) is 0 Å². The van der Waals surface area contributed by atoms with Gasteiger partial charge in [0.25, 0.3) is 0 Å². The first-order chi connectivity index (χ1) is 8.49. The summed E-state index contributed by atoms with van der Waals surface area (Å²) in [5, 5.41) is 9.64. The topological polar surface area (TPSA) is 67.3 Å². The molecule has 2 rings (SSSR count). The van der Waals surface area contributed by atoms with E-state index in [-0.39, 0.29) is 11.3 Å². The van der Waals surface area contributed by atoms with Crippen molar-refractivity contribution < 1.29 is 14.7 Å². The predicted molar refractivity (Wildman–Crippen MR) is 69.3 cm³/mol. The molecule has 0 fully saturated rings. The van der Waals surface area contributed by atoms with Crippen molar-refractivity contribution in [1.82, 2.24) is 4.98 Å². The third-order valence-corrected chi connectivity index (χ3v) is 3.53. The lowest BCUT2D eigenvalue weighted by molar-refractivity contribution is 0.0696. The van der Waals surface area contributed by atoms with Gasteiger partial charge in [0, 0.05) is 12.5 Å². The highest BCUT2D eigenvalue weighted by Crippen LogP contribution is 2.28. The number of thiazole rings is 1. The molecule has 18 heavy (non-hydrogen) atoms. The van der Waals surface area contributed by atoms with E-state index in [0.29, 0.717) is 10.6 Å². The highest BCUT2D eigenvalue weighted by molar-refractivity contribution is 7.14. The van der Waals surface area contributed by atoms with Crippen LogP contribution in [-0.4, -0.2) is 21.8 Å². The quantitative estimate of drug-likeness (QED) is 0.862. The van der Waals surface area contributed by atoms with Gasteiger partial charge in [-0.1, -0.05) is 12.1 Å². The number of carbonyl (C=O) groups excluding carboxylic acids is 1. The number of aromatic carboxylic acids is 1. The van der Waals surface area contributed by atoms with Gasteiger partial charge in [0.15, 0.2) is 5.78 Å². The van der Waals surface area contributed by atoms with Crippen LogP contribution in [0, 0.1) is 6.92 Å². The number of rotatable bonds is 3. The molecule has 0 amide bonds. The monoisotopic (exact) mass is 261 g/mol. The van der Waals surface area contributed by atoms with E-state index in [1.165, 1.54) is 30.4 Å². The normalized spacial score (nSPS) is 10.3. The van der Waals surface area contributed by atoms with Crippen LogP contribution in [0.2, 0.25) is 0 Å². The molecule has 0 bridgehead atoms. The minimum absolute atomic E-state index is 0.0297. The van der Waals surface area contributed by atoms with Gasteiger partial charge in [-0.2, -0.15) is 0 Å². The summed E-state index contributed by atoms with van der Waals surface area (Å²) in [6.45, 7) is 3.34. The maximum Gasteiger partial charge on any atom is 0.335 e. The molecule has 0 aliphatic carbocycles. The van der Waals surface area contributed by atoms with Crippen LogP contribution in [0.3, 0.4) is 0 Å². The molecule has 0 unspecified atom stereocenters. The molecule has 0 saturated carbocycles. The molecule has 1 aromatic carbocycles. The molecule has 0 aliphatic heterocycles. The summed E-state index contributed by atoms with van der Waals surface area (Å²) in [4.78, 5) is 27.2. The molecule has 2 aromatic rings. The number of aromatic nitrogens is 1. The number of carbonyl (C=O) groups is 2. The lowest BCUT2D eigenvalue weighted by Gasteiger charge is -2.00. The number of aryl methyl sites for hydroxylation is 1. The van der Waals surface area contributed by atoms with Crippen LogP contribution >= 0.6 is 11.3 Å². The van der Waals surface area contributed by atoms with E-state index in [9.17, 15) is 9.59 Å². The fourth-order valence-electron chi connectivity index (χ4n) is 1.63. The van der Waals surface area contributed by atoms with Crippen molar-refractivity contribution in [2.24, 2.45) is 0 Å². The van der Waals surface area contributed by atoms with Crippen molar-refractivity contribution in [3.05, 3.63) is 39.7 Å². The van der Waals surface area contributed by atoms with Crippen LogP contribution in [-0.2, 0) is 0 Å². The second kappa shape index (κ2) is 4.70. The standard InChI is InChI=1S/C13H11NO3S/c1-7(15)12-11(14-8(2)18-12)9-3-5-10(6-4-9)13(16)17/h3-6H,1-2H3,(H,16,17). The second-order valence-corrected chi connectivity index (χ2v) is 5.05. The van der Waals surface area contributed by atoms with E-state index in [0.717, 1.165) is 10.6 Å². The van der Waals surface area contributed by atoms with Crippen LogP contribution in [0.4, 0.5) is 0 Å². The fourth-order valence-corrected chi connectivity index (χ4v) is 2.47. The average Bonchev–Trinajstić information content (AvgIpc) is 2.71. The Balaban J connectivity index is 2.48. The first kappa shape index (κ1) is 12.4. The van der Waals surface area contributed by atoms with E-state index in [1.54, 1.807) is 12.1 Å². The Morgan fingerprint density at radius 2 is 1.83 bits per heavy atom. The molecule has 1 aromatic heterocycles. The van der Waals surface area contributed by atoms with Gasteiger partial charge in [0.1, 0.15) is 0 Å². The van der Waals surface area contributed by atoms with Gasteiger partial charge in [-0.3, -0.25) is 4.79 Å². The van der Waals surface area contributed by atoms with Crippen molar-refractivity contribution in [2.75, 3.05) is 0 Å². The fraction of sp³-hybridized carbons (Fsp3) is 0.154. The second-order valence-electron chi connectivity index (χ2n) is 3.85. The van der Waals surface area contributed by atoms with Crippen molar-refractivity contribution in [2.45, 2.75) is 13.8 Å². The van der Waals surface area contributed by atoms with Crippen LogP contribution in [0.1, 0.15) is 32.0 Å². The minimum Gasteiger partial charge on any atom is -0.478 e. The Morgan fingerprint density at radius 1 is 1.22 bits per heavy atom. The number of ketones is 1. The SMILES string of the molecule is CC(=O)c1sc(C)nc1-c1ccc(C(=O)O)cc1. The molecule has 5 heteroatoms. The van der Waals surface area contributed by atoms with Crippen LogP contribution in [0.25, 0.3) is 11.3 Å². The molecule has 1 heterocycles. The molecular formula is C13H11NO3S. The van der Waals surface area contributed by atoms with Crippen LogP contribution < -0.4 is 0 Å². The van der Waals surface area contributed by atoms with Crippen molar-refractivity contribution in [1.29, 1.82) is 0 Å². The average molecular weight is 261 g/mol. The summed E-state index contributed by atoms with van der Waals surface area (Å²) in [6, 6.07) is 6.36. The molecule has 0 saturated heterocycles. The van der Waals surface area contributed by atoms with E-state index in [1.807, 2.05) is 6.92 Å². The van der Waals surface area contributed by atoms with Crippen molar-refractivity contribution >= 4 is 23.1 Å². The third-order valence-electron chi connectivity index (χ3n) is 2.46. The Morgan fingerprint density at radius 3 is 2.33 bits per heavy atom. The first-order valence-corrected chi connectivity index (χ1v) is 6.13. The maximum absolute atomic E-state index is 11.5. The van der Waals surface area contributed by atoms with Gasteiger partial charge >= 0.3 is 5.97 Å². The lowest BCUT2D eigenvalue weighted by Crippen LogP contribution is -1.96. The highest BCUT2D eigenvalue weighted by Gasteiger charge is 2.15. The van der Waals surface area contributed by atoms with Crippen LogP contribution in [0.15, 0.2) is 24.3 Å². The zero-order chi connectivity index (χ0) is 13.3. The summed E-state index contributed by atoms with van der Waals surface area (Å²) >= 11 is 1.35. The number of hydrogen-bond acceptors (Lipinski definition) is 4. The molecular weight excluding hydrogens is 250 g/mol. The van der Waals surface area contributed by atoms with Crippen molar-refractivity contribution in [3.8, 4) is 11.3 Å². The molecule has 0 aliphatic rings. The van der Waals surface area contributed by atoms with Gasteiger partial charge in [-0.05, 0) is 19.1 Å². The summed E-state index contributed by atoms with van der Waals surface area (Å²) < 4.78 is 0. The number of benzene rings is 1. The molecule has 0 radical (unpaired) electrons. The summed E-state index contributed by atoms with van der Waals surface area (Å²) in [6.07, 6.45) is 0. The van der Waals surface area contributed by atoms with Gasteiger partial charge in [-0.25, -0.2) is 9.78 Å². The summed E-state index contributed by atoms with van der Waals surface area (Å²) in [5.41, 5.74) is 1.60. The predicted octanol–water partition coefficient (Wildman–Crippen LogP) is 3.02. The Hall–Kier alpha value is -2.01. The van der Waals surface area contributed by atoms with E-state index >= 15 is 0 Å². The van der Waals surface area contributed by atoms with E-state index in [4.69, 9.17) is 5.11 Å². The zero-order valence-corrected chi connectivity index (χ0v) is 10.7. The van der Waals surface area contributed by atoms with Gasteiger partial charge < -0.3 is 5.11 Å². The third kappa shape index (κ3) is 2.31. The zero-order valence-electron chi connectivity index (χ0n) is 9.93. The number of Topliss-reactive ketones (excluding diaryl/α,β-unsaturated/α-hetero) is 1. The van der Waals surface area contributed by atoms with E-state index in [2.05, 4.69) is 4.98 Å². The Kier molecular flexibility index (Phi) is 3.25. The Bertz CT molecular complexity index is 614. The minimum atomic E-state index is -0.970. The molecule has 92 valence electrons. The van der Waals surface area contributed by atoms with Gasteiger partial charge in [-0.15, -0.1) is 11.3 Å². The number of hydrogen-bond donors (Lipinski definition) is 1.